The maximum absolute atomic E-state index is 12.8. The Morgan fingerprint density at radius 1 is 0.957 bits per heavy atom. The monoisotopic (exact) mass is 340 g/mol. The fourth-order valence-corrected chi connectivity index (χ4v) is 3.85. The van der Waals surface area contributed by atoms with Gasteiger partial charge in [-0.05, 0) is 30.3 Å². The zero-order valence-corrected chi connectivity index (χ0v) is 12.4. The highest BCUT2D eigenvalue weighted by molar-refractivity contribution is 7.90. The number of alkyl halides is 3. The molecule has 0 saturated heterocycles. The minimum absolute atomic E-state index is 0.0661. The molecule has 4 nitrogen and oxygen atoms in total. The number of hydrogen-bond acceptors (Lipinski definition) is 3. The van der Waals surface area contributed by atoms with Gasteiger partial charge in [0.2, 0.25) is 0 Å². The summed E-state index contributed by atoms with van der Waals surface area (Å²) in [5.41, 5.74) is 5.04. The maximum atomic E-state index is 12.8. The SMILES string of the molecule is Nc1cc2ccccc2n1S(=O)(=O)c1cccc(C(F)(F)F)c1. The zero-order valence-electron chi connectivity index (χ0n) is 11.6. The van der Waals surface area contributed by atoms with Gasteiger partial charge in [0.15, 0.2) is 0 Å². The highest BCUT2D eigenvalue weighted by atomic mass is 32.2. The summed E-state index contributed by atoms with van der Waals surface area (Å²) >= 11 is 0. The molecule has 0 radical (unpaired) electrons. The minimum atomic E-state index is -4.63. The topological polar surface area (TPSA) is 65.1 Å². The van der Waals surface area contributed by atoms with Gasteiger partial charge in [-0.25, -0.2) is 12.4 Å². The van der Waals surface area contributed by atoms with Crippen molar-refractivity contribution in [3.63, 3.8) is 0 Å². The molecule has 2 N–H and O–H groups in total. The van der Waals surface area contributed by atoms with Crippen LogP contribution in [-0.2, 0) is 16.2 Å². The number of nitrogen functional groups attached to an aromatic ring is 1. The van der Waals surface area contributed by atoms with Crippen molar-refractivity contribution in [2.45, 2.75) is 11.1 Å². The molecule has 0 unspecified atom stereocenters. The van der Waals surface area contributed by atoms with E-state index in [9.17, 15) is 21.6 Å². The molecule has 3 rings (SSSR count). The summed E-state index contributed by atoms with van der Waals surface area (Å²) in [6, 6.07) is 11.6. The average molecular weight is 340 g/mol. The number of halogens is 3. The lowest BCUT2D eigenvalue weighted by atomic mass is 10.2. The fraction of sp³-hybridized carbons (Fsp3) is 0.0667. The van der Waals surface area contributed by atoms with Crippen LogP contribution in [0.2, 0.25) is 0 Å². The predicted octanol–water partition coefficient (Wildman–Crippen LogP) is 3.48. The van der Waals surface area contributed by atoms with Crippen LogP contribution in [0.25, 0.3) is 10.9 Å². The molecule has 1 heterocycles. The van der Waals surface area contributed by atoms with Crippen LogP contribution in [0, 0.1) is 0 Å². The smallest absolute Gasteiger partial charge is 0.384 e. The first-order valence-electron chi connectivity index (χ1n) is 6.50. The first kappa shape index (κ1) is 15.4. The van der Waals surface area contributed by atoms with E-state index in [1.807, 2.05) is 0 Å². The second kappa shape index (κ2) is 5.02. The second-order valence-electron chi connectivity index (χ2n) is 4.92. The number of nitrogens with zero attached hydrogens (tertiary/aromatic N) is 1. The van der Waals surface area contributed by atoms with Gasteiger partial charge in [-0.15, -0.1) is 0 Å². The Morgan fingerprint density at radius 3 is 2.35 bits per heavy atom. The summed E-state index contributed by atoms with van der Waals surface area (Å²) in [6.45, 7) is 0. The quantitative estimate of drug-likeness (QED) is 0.777. The van der Waals surface area contributed by atoms with Crippen LogP contribution < -0.4 is 5.73 Å². The summed E-state index contributed by atoms with van der Waals surface area (Å²) in [5.74, 6) is -0.0661. The molecule has 0 atom stereocenters. The number of nitrogens with two attached hydrogens (primary N) is 1. The molecule has 8 heteroatoms. The predicted molar refractivity (Wildman–Crippen MR) is 80.4 cm³/mol. The Hall–Kier alpha value is -2.48. The van der Waals surface area contributed by atoms with Gasteiger partial charge in [0.1, 0.15) is 5.82 Å². The van der Waals surface area contributed by atoms with Gasteiger partial charge in [0, 0.05) is 5.39 Å². The normalized spacial score (nSPS) is 12.7. The molecule has 0 aliphatic heterocycles. The second-order valence-corrected chi connectivity index (χ2v) is 6.71. The molecular weight excluding hydrogens is 329 g/mol. The molecule has 0 aliphatic carbocycles. The van der Waals surface area contributed by atoms with E-state index in [0.717, 1.165) is 22.2 Å². The molecule has 2 aromatic carbocycles. The summed E-state index contributed by atoms with van der Waals surface area (Å²) in [7, 11) is -4.24. The van der Waals surface area contributed by atoms with Crippen LogP contribution in [0.1, 0.15) is 5.56 Å². The lowest BCUT2D eigenvalue weighted by molar-refractivity contribution is -0.137. The van der Waals surface area contributed by atoms with Crippen molar-refractivity contribution in [2.24, 2.45) is 0 Å². The summed E-state index contributed by atoms with van der Waals surface area (Å²) in [5, 5.41) is 0.584. The van der Waals surface area contributed by atoms with E-state index in [1.54, 1.807) is 18.2 Å². The Morgan fingerprint density at radius 2 is 1.65 bits per heavy atom. The van der Waals surface area contributed by atoms with Crippen LogP contribution in [-0.4, -0.2) is 12.4 Å². The third-order valence-corrected chi connectivity index (χ3v) is 5.13. The number of benzene rings is 2. The molecule has 0 amide bonds. The number of hydrogen-bond donors (Lipinski definition) is 1. The van der Waals surface area contributed by atoms with Crippen molar-refractivity contribution >= 4 is 26.7 Å². The van der Waals surface area contributed by atoms with Crippen molar-refractivity contribution < 1.29 is 21.6 Å². The highest BCUT2D eigenvalue weighted by Crippen LogP contribution is 2.32. The van der Waals surface area contributed by atoms with Crippen molar-refractivity contribution in [2.75, 3.05) is 5.73 Å². The van der Waals surface area contributed by atoms with Crippen molar-refractivity contribution in [3.05, 3.63) is 60.2 Å². The highest BCUT2D eigenvalue weighted by Gasteiger charge is 2.32. The number of fused-ring (bicyclic) bond motifs is 1. The van der Waals surface area contributed by atoms with Crippen LogP contribution in [0.4, 0.5) is 19.0 Å². The van der Waals surface area contributed by atoms with Crippen LogP contribution >= 0.6 is 0 Å². The largest absolute Gasteiger partial charge is 0.416 e. The molecule has 0 spiro atoms. The van der Waals surface area contributed by atoms with Crippen molar-refractivity contribution in [1.29, 1.82) is 0 Å². The van der Waals surface area contributed by atoms with Gasteiger partial charge in [-0.3, -0.25) is 0 Å². The standard InChI is InChI=1S/C15H11F3N2O2S/c16-15(17,18)11-5-3-6-12(9-11)23(21,22)20-13-7-2-1-4-10(13)8-14(20)19/h1-9H,19H2. The molecule has 0 saturated carbocycles. The lowest BCUT2D eigenvalue weighted by Crippen LogP contribution is -2.16. The Kier molecular flexibility index (Phi) is 3.36. The van der Waals surface area contributed by atoms with Crippen LogP contribution in [0.5, 0.6) is 0 Å². The molecule has 23 heavy (non-hydrogen) atoms. The van der Waals surface area contributed by atoms with E-state index in [1.165, 1.54) is 12.1 Å². The first-order valence-corrected chi connectivity index (χ1v) is 7.94. The number of rotatable bonds is 2. The van der Waals surface area contributed by atoms with E-state index in [2.05, 4.69) is 0 Å². The minimum Gasteiger partial charge on any atom is -0.384 e. The Balaban J connectivity index is 2.24. The van der Waals surface area contributed by atoms with Gasteiger partial charge >= 0.3 is 6.18 Å². The first-order chi connectivity index (χ1) is 10.7. The molecule has 0 fully saturated rings. The van der Waals surface area contributed by atoms with Crippen molar-refractivity contribution in [3.8, 4) is 0 Å². The van der Waals surface area contributed by atoms with E-state index < -0.39 is 26.7 Å². The average Bonchev–Trinajstić information content (AvgIpc) is 2.83. The third kappa shape index (κ3) is 2.55. The molecule has 1 aromatic heterocycles. The summed E-state index contributed by atoms with van der Waals surface area (Å²) in [4.78, 5) is -0.472. The molecule has 3 aromatic rings. The number of aromatic nitrogens is 1. The van der Waals surface area contributed by atoms with E-state index in [4.69, 9.17) is 5.73 Å². The summed E-state index contributed by atoms with van der Waals surface area (Å²) < 4.78 is 64.7. The van der Waals surface area contributed by atoms with Gasteiger partial charge in [-0.2, -0.15) is 13.2 Å². The number of para-hydroxylation sites is 1. The molecule has 0 bridgehead atoms. The summed E-state index contributed by atoms with van der Waals surface area (Å²) in [6.07, 6.45) is -4.63. The lowest BCUT2D eigenvalue weighted by Gasteiger charge is -2.12. The van der Waals surface area contributed by atoms with Gasteiger partial charge in [0.25, 0.3) is 10.0 Å². The van der Waals surface area contributed by atoms with Gasteiger partial charge < -0.3 is 5.73 Å². The van der Waals surface area contributed by atoms with E-state index in [-0.39, 0.29) is 5.82 Å². The van der Waals surface area contributed by atoms with E-state index in [0.29, 0.717) is 17.0 Å². The van der Waals surface area contributed by atoms with Crippen LogP contribution in [0.3, 0.4) is 0 Å². The maximum Gasteiger partial charge on any atom is 0.416 e. The van der Waals surface area contributed by atoms with E-state index >= 15 is 0 Å². The van der Waals surface area contributed by atoms with Gasteiger partial charge in [-0.1, -0.05) is 24.3 Å². The third-order valence-electron chi connectivity index (χ3n) is 3.39. The number of anilines is 1. The Bertz CT molecular complexity index is 991. The van der Waals surface area contributed by atoms with Crippen LogP contribution in [0.15, 0.2) is 59.5 Å². The zero-order chi connectivity index (χ0) is 16.8. The molecular formula is C15H11F3N2O2S. The fourth-order valence-electron chi connectivity index (χ4n) is 2.36. The van der Waals surface area contributed by atoms with Crippen molar-refractivity contribution in [1.82, 2.24) is 3.97 Å². The molecule has 120 valence electrons. The Labute approximate surface area is 130 Å². The molecule has 0 aliphatic rings. The van der Waals surface area contributed by atoms with Gasteiger partial charge in [0.05, 0.1) is 16.0 Å².